The van der Waals surface area contributed by atoms with Crippen LogP contribution in [0.15, 0.2) is 58.4 Å². The molecule has 0 spiro atoms. The summed E-state index contributed by atoms with van der Waals surface area (Å²) in [4.78, 5) is 16.0. The van der Waals surface area contributed by atoms with E-state index in [1.165, 1.54) is 5.56 Å². The molecule has 0 fully saturated rings. The monoisotopic (exact) mass is 468 g/mol. The molecule has 0 aliphatic heterocycles. The summed E-state index contributed by atoms with van der Waals surface area (Å²) < 4.78 is 1.70. The standard InChI is InChI=1S/C20H28N4O.HI/c1-15(2)16(3)23-20(21-4)22-13-17-8-10-18(11-9-17)14-24-12-6-5-7-19(24)25;/h5-12,15-16H,13-14H2,1-4H3,(H2,21,22,23);1H. The molecule has 0 saturated heterocycles. The van der Waals surface area contributed by atoms with Crippen molar-refractivity contribution in [2.45, 2.75) is 39.9 Å². The van der Waals surface area contributed by atoms with Crippen molar-refractivity contribution in [1.82, 2.24) is 15.2 Å². The van der Waals surface area contributed by atoms with Crippen LogP contribution in [0.1, 0.15) is 31.9 Å². The molecule has 0 radical (unpaired) electrons. The van der Waals surface area contributed by atoms with Gasteiger partial charge in [0.25, 0.3) is 5.56 Å². The van der Waals surface area contributed by atoms with Gasteiger partial charge in [0.15, 0.2) is 5.96 Å². The number of rotatable bonds is 6. The molecule has 5 nitrogen and oxygen atoms in total. The maximum Gasteiger partial charge on any atom is 0.250 e. The van der Waals surface area contributed by atoms with Crippen molar-refractivity contribution in [2.75, 3.05) is 7.05 Å². The highest BCUT2D eigenvalue weighted by Gasteiger charge is 2.08. The number of benzene rings is 1. The molecule has 0 aliphatic carbocycles. The lowest BCUT2D eigenvalue weighted by Gasteiger charge is -2.20. The van der Waals surface area contributed by atoms with Crippen molar-refractivity contribution in [3.63, 3.8) is 0 Å². The molecule has 1 atom stereocenters. The smallest absolute Gasteiger partial charge is 0.250 e. The van der Waals surface area contributed by atoms with Gasteiger partial charge in [0.05, 0.1) is 6.54 Å². The summed E-state index contributed by atoms with van der Waals surface area (Å²) in [6, 6.07) is 13.8. The number of nitrogens with zero attached hydrogens (tertiary/aromatic N) is 2. The highest BCUT2D eigenvalue weighted by Crippen LogP contribution is 2.06. The highest BCUT2D eigenvalue weighted by atomic mass is 127. The molecule has 6 heteroatoms. The highest BCUT2D eigenvalue weighted by molar-refractivity contribution is 14.0. The zero-order chi connectivity index (χ0) is 18.2. The van der Waals surface area contributed by atoms with Crippen molar-refractivity contribution in [3.8, 4) is 0 Å². The van der Waals surface area contributed by atoms with Crippen molar-refractivity contribution >= 4 is 29.9 Å². The number of halogens is 1. The van der Waals surface area contributed by atoms with Gasteiger partial charge in [0.2, 0.25) is 0 Å². The van der Waals surface area contributed by atoms with E-state index < -0.39 is 0 Å². The van der Waals surface area contributed by atoms with E-state index in [1.807, 2.05) is 12.3 Å². The summed E-state index contributed by atoms with van der Waals surface area (Å²) in [5, 5.41) is 6.72. The molecule has 0 saturated carbocycles. The van der Waals surface area contributed by atoms with Crippen LogP contribution in [0.4, 0.5) is 0 Å². The maximum absolute atomic E-state index is 11.8. The number of hydrogen-bond acceptors (Lipinski definition) is 2. The molecular formula is C20H29IN4O. The van der Waals surface area contributed by atoms with Crippen LogP contribution in [0.5, 0.6) is 0 Å². The van der Waals surface area contributed by atoms with Gasteiger partial charge in [-0.05, 0) is 30.0 Å². The number of pyridine rings is 1. The van der Waals surface area contributed by atoms with Crippen LogP contribution in [0, 0.1) is 5.92 Å². The summed E-state index contributed by atoms with van der Waals surface area (Å²) >= 11 is 0. The zero-order valence-corrected chi connectivity index (χ0v) is 18.2. The number of guanidine groups is 1. The molecule has 1 unspecified atom stereocenters. The minimum atomic E-state index is 0. The Kier molecular flexibility index (Phi) is 9.40. The van der Waals surface area contributed by atoms with Gasteiger partial charge in [0.1, 0.15) is 0 Å². The van der Waals surface area contributed by atoms with Gasteiger partial charge in [0, 0.05) is 31.9 Å². The first-order valence-electron chi connectivity index (χ1n) is 8.70. The Morgan fingerprint density at radius 2 is 1.73 bits per heavy atom. The predicted octanol–water partition coefficient (Wildman–Crippen LogP) is 3.22. The third-order valence-electron chi connectivity index (χ3n) is 4.32. The summed E-state index contributed by atoms with van der Waals surface area (Å²) in [5.41, 5.74) is 2.29. The maximum atomic E-state index is 11.8. The lowest BCUT2D eigenvalue weighted by Crippen LogP contribution is -2.43. The Hall–Kier alpha value is -1.83. The van der Waals surface area contributed by atoms with Crippen molar-refractivity contribution in [1.29, 1.82) is 0 Å². The van der Waals surface area contributed by atoms with E-state index in [-0.39, 0.29) is 29.5 Å². The van der Waals surface area contributed by atoms with E-state index in [9.17, 15) is 4.79 Å². The second-order valence-electron chi connectivity index (χ2n) is 6.59. The number of aliphatic imine (C=N–C) groups is 1. The predicted molar refractivity (Wildman–Crippen MR) is 119 cm³/mol. The summed E-state index contributed by atoms with van der Waals surface area (Å²) in [6.07, 6.45) is 1.81. The molecule has 1 aromatic carbocycles. The largest absolute Gasteiger partial charge is 0.354 e. The molecule has 0 amide bonds. The Morgan fingerprint density at radius 1 is 1.08 bits per heavy atom. The van der Waals surface area contributed by atoms with Crippen LogP contribution in [0.2, 0.25) is 0 Å². The molecule has 1 aromatic heterocycles. The molecule has 2 rings (SSSR count). The Bertz CT molecular complexity index is 753. The van der Waals surface area contributed by atoms with Gasteiger partial charge in [-0.25, -0.2) is 0 Å². The van der Waals surface area contributed by atoms with Crippen LogP contribution in [-0.2, 0) is 13.1 Å². The average Bonchev–Trinajstić information content (AvgIpc) is 2.61. The normalized spacial score (nSPS) is 12.4. The van der Waals surface area contributed by atoms with E-state index in [4.69, 9.17) is 0 Å². The van der Waals surface area contributed by atoms with Crippen LogP contribution in [-0.4, -0.2) is 23.6 Å². The SMILES string of the molecule is CN=C(NCc1ccc(Cn2ccccc2=O)cc1)NC(C)C(C)C.I. The second kappa shape index (κ2) is 11.0. The van der Waals surface area contributed by atoms with Crippen molar-refractivity contribution in [2.24, 2.45) is 10.9 Å². The fourth-order valence-corrected chi connectivity index (χ4v) is 2.31. The van der Waals surface area contributed by atoms with Gasteiger partial charge < -0.3 is 15.2 Å². The topological polar surface area (TPSA) is 58.4 Å². The molecule has 1 heterocycles. The molecule has 0 aliphatic rings. The van der Waals surface area contributed by atoms with Crippen LogP contribution in [0.3, 0.4) is 0 Å². The molecule has 0 bridgehead atoms. The van der Waals surface area contributed by atoms with E-state index in [1.54, 1.807) is 23.7 Å². The van der Waals surface area contributed by atoms with Crippen molar-refractivity contribution in [3.05, 3.63) is 70.1 Å². The van der Waals surface area contributed by atoms with Crippen LogP contribution in [0.25, 0.3) is 0 Å². The van der Waals surface area contributed by atoms with Gasteiger partial charge in [-0.2, -0.15) is 0 Å². The fourth-order valence-electron chi connectivity index (χ4n) is 2.31. The van der Waals surface area contributed by atoms with Gasteiger partial charge in [-0.15, -0.1) is 24.0 Å². The first-order valence-corrected chi connectivity index (χ1v) is 8.70. The van der Waals surface area contributed by atoms with Gasteiger partial charge in [-0.1, -0.05) is 44.2 Å². The zero-order valence-electron chi connectivity index (χ0n) is 15.9. The molecule has 142 valence electrons. The Morgan fingerprint density at radius 3 is 2.31 bits per heavy atom. The molecular weight excluding hydrogens is 439 g/mol. The first-order chi connectivity index (χ1) is 12.0. The summed E-state index contributed by atoms with van der Waals surface area (Å²) in [6.45, 7) is 7.81. The first kappa shape index (κ1) is 22.2. The van der Waals surface area contributed by atoms with Crippen LogP contribution < -0.4 is 16.2 Å². The van der Waals surface area contributed by atoms with Crippen molar-refractivity contribution < 1.29 is 0 Å². The minimum Gasteiger partial charge on any atom is -0.354 e. The quantitative estimate of drug-likeness (QED) is 0.389. The number of aromatic nitrogens is 1. The van der Waals surface area contributed by atoms with Gasteiger partial charge >= 0.3 is 0 Å². The van der Waals surface area contributed by atoms with Crippen LogP contribution >= 0.6 is 24.0 Å². The third kappa shape index (κ3) is 6.82. The Labute approximate surface area is 173 Å². The summed E-state index contributed by atoms with van der Waals surface area (Å²) in [7, 11) is 1.78. The fraction of sp³-hybridized carbons (Fsp3) is 0.400. The van der Waals surface area contributed by atoms with E-state index >= 15 is 0 Å². The summed E-state index contributed by atoms with van der Waals surface area (Å²) in [5.74, 6) is 1.35. The average molecular weight is 468 g/mol. The Balaban J connectivity index is 0.00000338. The van der Waals surface area contributed by atoms with E-state index in [2.05, 4.69) is 60.7 Å². The minimum absolute atomic E-state index is 0. The number of hydrogen-bond donors (Lipinski definition) is 2. The van der Waals surface area contributed by atoms with E-state index in [0.29, 0.717) is 25.0 Å². The molecule has 2 N–H and O–H groups in total. The lowest BCUT2D eigenvalue weighted by molar-refractivity contribution is 0.481. The lowest BCUT2D eigenvalue weighted by atomic mass is 10.1. The third-order valence-corrected chi connectivity index (χ3v) is 4.32. The number of nitrogens with one attached hydrogen (secondary N) is 2. The molecule has 26 heavy (non-hydrogen) atoms. The molecule has 2 aromatic rings. The van der Waals surface area contributed by atoms with E-state index in [0.717, 1.165) is 11.5 Å². The van der Waals surface area contributed by atoms with Gasteiger partial charge in [-0.3, -0.25) is 9.79 Å². The second-order valence-corrected chi connectivity index (χ2v) is 6.59.